The van der Waals surface area contributed by atoms with Crippen LogP contribution in [0.3, 0.4) is 0 Å². The number of benzene rings is 9. The van der Waals surface area contributed by atoms with E-state index < -0.39 is 0 Å². The smallest absolute Gasteiger partial charge is 0.0977 e. The molecule has 12 rings (SSSR count). The Balaban J connectivity index is 0.961. The van der Waals surface area contributed by atoms with E-state index in [1.54, 1.807) is 5.57 Å². The molecule has 1 N–H and O–H groups in total. The predicted molar refractivity (Wildman–Crippen MR) is 279 cm³/mol. The lowest BCUT2D eigenvalue weighted by molar-refractivity contribution is 0.607. The van der Waals surface area contributed by atoms with E-state index in [0.717, 1.165) is 74.5 Å². The topological polar surface area (TPSA) is 32.6 Å². The molecule has 0 amide bonds. The van der Waals surface area contributed by atoms with Crippen LogP contribution >= 0.6 is 0 Å². The standard InChI is InChI=1S/C62H48N4/c1-62(2)56-28-16-14-25-51(56)52-36-34-48(41-57(52)62)65(47-35-39-60-55(40-47)54-27-15-17-29-59(54)66(60)45-22-10-5-11-23-45)46-32-30-42(31-33-46)49-37-38-58(53-26-13-12-24-50(49)53)63-64-61(43-18-6-3-7-19-43)44-20-8-4-9-21-44/h3-15,17-27,29-41,63H,16,28H2,1-2H3. The summed E-state index contributed by atoms with van der Waals surface area (Å²) in [7, 11) is 0. The van der Waals surface area contributed by atoms with Gasteiger partial charge in [-0.1, -0.05) is 177 Å². The van der Waals surface area contributed by atoms with Crippen LogP contribution in [0.25, 0.3) is 55.0 Å². The first kappa shape index (κ1) is 39.4. The lowest BCUT2D eigenvalue weighted by Crippen LogP contribution is -2.18. The van der Waals surface area contributed by atoms with Gasteiger partial charge in [0, 0.05) is 55.5 Å². The van der Waals surface area contributed by atoms with Gasteiger partial charge in [-0.25, -0.2) is 0 Å². The molecule has 0 unspecified atom stereocenters. The van der Waals surface area contributed by atoms with Gasteiger partial charge >= 0.3 is 0 Å². The zero-order chi connectivity index (χ0) is 44.2. The molecule has 66 heavy (non-hydrogen) atoms. The van der Waals surface area contributed by atoms with Crippen molar-refractivity contribution in [1.29, 1.82) is 0 Å². The van der Waals surface area contributed by atoms with Crippen LogP contribution in [0.15, 0.2) is 235 Å². The van der Waals surface area contributed by atoms with Crippen LogP contribution in [-0.2, 0) is 5.41 Å². The van der Waals surface area contributed by atoms with Gasteiger partial charge in [-0.15, -0.1) is 0 Å². The molecule has 1 aromatic heterocycles. The number of rotatable bonds is 9. The molecule has 0 bridgehead atoms. The van der Waals surface area contributed by atoms with E-state index in [4.69, 9.17) is 5.10 Å². The maximum absolute atomic E-state index is 5.03. The van der Waals surface area contributed by atoms with E-state index >= 15 is 0 Å². The van der Waals surface area contributed by atoms with Gasteiger partial charge in [-0.2, -0.15) is 5.10 Å². The average molecular weight is 849 g/mol. The van der Waals surface area contributed by atoms with Gasteiger partial charge in [0.1, 0.15) is 0 Å². The zero-order valence-corrected chi connectivity index (χ0v) is 37.1. The van der Waals surface area contributed by atoms with E-state index in [1.165, 1.54) is 44.1 Å². The summed E-state index contributed by atoms with van der Waals surface area (Å²) < 4.78 is 2.39. The normalized spacial score (nSPS) is 13.8. The molecule has 0 aliphatic heterocycles. The van der Waals surface area contributed by atoms with Crippen molar-refractivity contribution in [2.24, 2.45) is 5.10 Å². The molecule has 316 valence electrons. The molecular weight excluding hydrogens is 801 g/mol. The molecule has 0 atom stereocenters. The molecular formula is C62H48N4. The van der Waals surface area contributed by atoms with E-state index in [1.807, 2.05) is 12.1 Å². The van der Waals surface area contributed by atoms with Crippen molar-refractivity contribution in [2.45, 2.75) is 32.1 Å². The molecule has 0 saturated carbocycles. The lowest BCUT2D eigenvalue weighted by Gasteiger charge is -2.29. The van der Waals surface area contributed by atoms with Crippen molar-refractivity contribution >= 4 is 66.6 Å². The molecule has 4 heteroatoms. The maximum atomic E-state index is 5.03. The summed E-state index contributed by atoms with van der Waals surface area (Å²) in [6, 6.07) is 76.4. The molecule has 9 aromatic carbocycles. The average Bonchev–Trinajstić information content (AvgIpc) is 3.83. The fourth-order valence-electron chi connectivity index (χ4n) is 10.6. The van der Waals surface area contributed by atoms with Gasteiger partial charge in [0.15, 0.2) is 0 Å². The third-order valence-electron chi connectivity index (χ3n) is 13.8. The Bertz CT molecular complexity index is 3520. The Morgan fingerprint density at radius 2 is 1.12 bits per heavy atom. The first-order chi connectivity index (χ1) is 32.5. The number of aromatic nitrogens is 1. The van der Waals surface area contributed by atoms with Gasteiger partial charge in [0.25, 0.3) is 0 Å². The number of para-hydroxylation sites is 2. The van der Waals surface area contributed by atoms with Crippen LogP contribution in [0.2, 0.25) is 0 Å². The second-order valence-electron chi connectivity index (χ2n) is 18.0. The minimum absolute atomic E-state index is 0.0495. The largest absolute Gasteiger partial charge is 0.310 e. The number of hydrazone groups is 1. The molecule has 2 aliphatic rings. The third kappa shape index (κ3) is 6.64. The second-order valence-corrected chi connectivity index (χ2v) is 18.0. The Hall–Kier alpha value is -8.21. The van der Waals surface area contributed by atoms with Crippen LogP contribution in [0.5, 0.6) is 0 Å². The van der Waals surface area contributed by atoms with Crippen LogP contribution in [0.1, 0.15) is 48.9 Å². The van der Waals surface area contributed by atoms with Crippen LogP contribution in [0.4, 0.5) is 22.7 Å². The van der Waals surface area contributed by atoms with E-state index in [9.17, 15) is 0 Å². The Morgan fingerprint density at radius 1 is 0.530 bits per heavy atom. The zero-order valence-electron chi connectivity index (χ0n) is 37.1. The molecule has 2 aliphatic carbocycles. The Labute approximate surface area is 386 Å². The molecule has 0 fully saturated rings. The van der Waals surface area contributed by atoms with Crippen molar-refractivity contribution < 1.29 is 0 Å². The first-order valence-corrected chi connectivity index (χ1v) is 23.0. The number of nitrogens with zero attached hydrogens (tertiary/aromatic N) is 3. The summed E-state index contributed by atoms with van der Waals surface area (Å²) in [4.78, 5) is 2.45. The predicted octanol–water partition coefficient (Wildman–Crippen LogP) is 16.3. The van der Waals surface area contributed by atoms with Gasteiger partial charge in [0.05, 0.1) is 22.4 Å². The van der Waals surface area contributed by atoms with Crippen LogP contribution in [-0.4, -0.2) is 10.3 Å². The maximum Gasteiger partial charge on any atom is 0.0977 e. The van der Waals surface area contributed by atoms with E-state index in [-0.39, 0.29) is 5.41 Å². The molecule has 0 saturated heterocycles. The Morgan fingerprint density at radius 3 is 1.86 bits per heavy atom. The molecule has 4 nitrogen and oxygen atoms in total. The highest BCUT2D eigenvalue weighted by Crippen LogP contribution is 2.52. The summed E-state index contributed by atoms with van der Waals surface area (Å²) in [5, 5.41) is 9.77. The number of hydrogen-bond acceptors (Lipinski definition) is 3. The van der Waals surface area contributed by atoms with Crippen molar-refractivity contribution in [3.8, 4) is 16.8 Å². The summed E-state index contributed by atoms with van der Waals surface area (Å²) in [5.74, 6) is 0. The van der Waals surface area contributed by atoms with Gasteiger partial charge < -0.3 is 9.47 Å². The lowest BCUT2D eigenvalue weighted by atomic mass is 9.78. The number of hydrogen-bond donors (Lipinski definition) is 1. The van der Waals surface area contributed by atoms with Crippen molar-refractivity contribution in [3.63, 3.8) is 0 Å². The fraction of sp³-hybridized carbons (Fsp3) is 0.0806. The summed E-state index contributed by atoms with van der Waals surface area (Å²) in [6.07, 6.45) is 6.90. The van der Waals surface area contributed by atoms with E-state index in [2.05, 4.69) is 241 Å². The minimum Gasteiger partial charge on any atom is -0.310 e. The number of anilines is 4. The first-order valence-electron chi connectivity index (χ1n) is 23.0. The highest BCUT2D eigenvalue weighted by Gasteiger charge is 2.38. The monoisotopic (exact) mass is 848 g/mol. The third-order valence-corrected chi connectivity index (χ3v) is 13.8. The van der Waals surface area contributed by atoms with Crippen molar-refractivity contribution in [3.05, 3.63) is 252 Å². The van der Waals surface area contributed by atoms with Crippen LogP contribution < -0.4 is 10.3 Å². The summed E-state index contributed by atoms with van der Waals surface area (Å²) >= 11 is 0. The van der Waals surface area contributed by atoms with Gasteiger partial charge in [0.2, 0.25) is 0 Å². The molecule has 0 spiro atoms. The van der Waals surface area contributed by atoms with Crippen LogP contribution in [0, 0.1) is 0 Å². The number of allylic oxidation sites excluding steroid dienone is 4. The minimum atomic E-state index is -0.0495. The van der Waals surface area contributed by atoms with Gasteiger partial charge in [-0.3, -0.25) is 5.43 Å². The second kappa shape index (κ2) is 16.1. The summed E-state index contributed by atoms with van der Waals surface area (Å²) in [5.41, 5.74) is 22.3. The van der Waals surface area contributed by atoms with Crippen molar-refractivity contribution in [2.75, 3.05) is 10.3 Å². The molecule has 1 heterocycles. The Kier molecular flexibility index (Phi) is 9.61. The van der Waals surface area contributed by atoms with E-state index in [0.29, 0.717) is 0 Å². The van der Waals surface area contributed by atoms with Crippen molar-refractivity contribution in [1.82, 2.24) is 4.57 Å². The highest BCUT2D eigenvalue weighted by atomic mass is 15.3. The highest BCUT2D eigenvalue weighted by molar-refractivity contribution is 6.14. The summed E-state index contributed by atoms with van der Waals surface area (Å²) in [6.45, 7) is 4.81. The number of fused-ring (bicyclic) bond motifs is 6. The SMILES string of the molecule is CC1(C)C2=C(C=CCC2)c2ccc(N(c3ccc(-c4ccc(NN=C(c5ccccc5)c5ccccc5)c5ccccc45)cc3)c3ccc4c(c3)c3ccccc3n4-c3ccccc3)cc21. The molecule has 10 aromatic rings. The number of nitrogens with one attached hydrogen (secondary N) is 1. The fourth-order valence-corrected chi connectivity index (χ4v) is 10.6. The quantitative estimate of drug-likeness (QED) is 0.116. The van der Waals surface area contributed by atoms with Gasteiger partial charge in [-0.05, 0) is 113 Å². The molecule has 0 radical (unpaired) electrons.